The smallest absolute Gasteiger partial charge is 0.417 e. The van der Waals surface area contributed by atoms with Crippen LogP contribution in [0.25, 0.3) is 11.4 Å². The molecule has 0 aliphatic carbocycles. The van der Waals surface area contributed by atoms with Gasteiger partial charge in [0.2, 0.25) is 0 Å². The van der Waals surface area contributed by atoms with E-state index in [4.69, 9.17) is 0 Å². The normalized spacial score (nSPS) is 15.9. The molecule has 3 aromatic rings. The number of nitrogens with one attached hydrogen (secondary N) is 1. The van der Waals surface area contributed by atoms with Gasteiger partial charge in [0.1, 0.15) is 23.1 Å². The zero-order valence-electron chi connectivity index (χ0n) is 19.1. The van der Waals surface area contributed by atoms with E-state index in [9.17, 15) is 36.6 Å². The molecule has 0 saturated carbocycles. The van der Waals surface area contributed by atoms with Gasteiger partial charge < -0.3 is 15.3 Å². The molecule has 1 aromatic carbocycles. The first kappa shape index (κ1) is 25.9. The lowest BCUT2D eigenvalue weighted by Gasteiger charge is -2.30. The lowest BCUT2D eigenvalue weighted by Crippen LogP contribution is -2.42. The van der Waals surface area contributed by atoms with Crippen molar-refractivity contribution in [3.63, 3.8) is 0 Å². The third kappa shape index (κ3) is 6.16. The van der Waals surface area contributed by atoms with E-state index in [-0.39, 0.29) is 48.1 Å². The fourth-order valence-corrected chi connectivity index (χ4v) is 3.87. The molecule has 1 atom stereocenters. The highest BCUT2D eigenvalue weighted by molar-refractivity contribution is 5.94. The van der Waals surface area contributed by atoms with Crippen LogP contribution in [-0.4, -0.2) is 49.9 Å². The second kappa shape index (κ2) is 10.4. The van der Waals surface area contributed by atoms with Gasteiger partial charge in [0, 0.05) is 55.3 Å². The molecule has 0 radical (unpaired) electrons. The van der Waals surface area contributed by atoms with Gasteiger partial charge in [0.05, 0.1) is 11.5 Å². The molecule has 3 heterocycles. The summed E-state index contributed by atoms with van der Waals surface area (Å²) in [5.74, 6) is -4.29. The van der Waals surface area contributed by atoms with Gasteiger partial charge in [0.15, 0.2) is 5.82 Å². The van der Waals surface area contributed by atoms with Crippen molar-refractivity contribution in [3.8, 4) is 11.4 Å². The van der Waals surface area contributed by atoms with Gasteiger partial charge in [-0.15, -0.1) is 0 Å². The first-order valence-electron chi connectivity index (χ1n) is 11.1. The molecule has 8 nitrogen and oxygen atoms in total. The fourth-order valence-electron chi connectivity index (χ4n) is 3.87. The number of hydrogen-bond acceptors (Lipinski definition) is 6. The largest absolute Gasteiger partial charge is 0.481 e. The maximum absolute atomic E-state index is 14.1. The average Bonchev–Trinajstić information content (AvgIpc) is 2.87. The highest BCUT2D eigenvalue weighted by Gasteiger charge is 2.32. The minimum Gasteiger partial charge on any atom is -0.481 e. The summed E-state index contributed by atoms with van der Waals surface area (Å²) in [7, 11) is 0. The Morgan fingerprint density at radius 3 is 2.59 bits per heavy atom. The van der Waals surface area contributed by atoms with Crippen LogP contribution in [0.15, 0.2) is 42.7 Å². The number of carbonyl (C=O) groups is 2. The average molecular weight is 521 g/mol. The van der Waals surface area contributed by atoms with Crippen LogP contribution < -0.4 is 5.32 Å². The Morgan fingerprint density at radius 2 is 1.89 bits per heavy atom. The Kier molecular flexibility index (Phi) is 7.32. The van der Waals surface area contributed by atoms with Crippen LogP contribution in [-0.2, 0) is 17.5 Å². The fraction of sp³-hybridized carbons (Fsp3) is 0.292. The highest BCUT2D eigenvalue weighted by Crippen LogP contribution is 2.31. The molecule has 1 aliphatic rings. The summed E-state index contributed by atoms with van der Waals surface area (Å²) in [6, 6.07) is 4.98. The summed E-state index contributed by atoms with van der Waals surface area (Å²) >= 11 is 0. The maximum Gasteiger partial charge on any atom is 0.417 e. The second-order valence-corrected chi connectivity index (χ2v) is 8.44. The van der Waals surface area contributed by atoms with Crippen molar-refractivity contribution in [2.75, 3.05) is 18.4 Å². The number of rotatable bonds is 6. The number of benzene rings is 1. The summed E-state index contributed by atoms with van der Waals surface area (Å²) in [4.78, 5) is 37.8. The summed E-state index contributed by atoms with van der Waals surface area (Å²) in [5, 5.41) is 12.1. The number of halogens is 5. The topological polar surface area (TPSA) is 108 Å². The van der Waals surface area contributed by atoms with E-state index in [0.29, 0.717) is 25.1 Å². The van der Waals surface area contributed by atoms with Gasteiger partial charge in [-0.3, -0.25) is 14.6 Å². The predicted molar refractivity (Wildman–Crippen MR) is 120 cm³/mol. The molecule has 1 saturated heterocycles. The van der Waals surface area contributed by atoms with Gasteiger partial charge in [-0.2, -0.15) is 13.2 Å². The van der Waals surface area contributed by atoms with Crippen LogP contribution in [0.1, 0.15) is 34.5 Å². The van der Waals surface area contributed by atoms with E-state index in [1.54, 1.807) is 0 Å². The number of aromatic nitrogens is 3. The lowest BCUT2D eigenvalue weighted by molar-refractivity contribution is -0.143. The number of nitrogens with zero attached hydrogens (tertiary/aromatic N) is 4. The van der Waals surface area contributed by atoms with E-state index < -0.39 is 41.2 Å². The third-order valence-electron chi connectivity index (χ3n) is 5.80. The number of hydrogen-bond donors (Lipinski definition) is 2. The van der Waals surface area contributed by atoms with E-state index in [2.05, 4.69) is 20.3 Å². The molecule has 4 rings (SSSR count). The minimum absolute atomic E-state index is 0.0127. The third-order valence-corrected chi connectivity index (χ3v) is 5.80. The van der Waals surface area contributed by atoms with Crippen LogP contribution in [0.3, 0.4) is 0 Å². The number of anilines is 1. The Balaban J connectivity index is 1.70. The molecule has 2 N–H and O–H groups in total. The van der Waals surface area contributed by atoms with E-state index in [0.717, 1.165) is 18.3 Å². The molecule has 37 heavy (non-hydrogen) atoms. The second-order valence-electron chi connectivity index (χ2n) is 8.44. The zero-order chi connectivity index (χ0) is 26.7. The van der Waals surface area contributed by atoms with Crippen molar-refractivity contribution >= 4 is 17.7 Å². The predicted octanol–water partition coefficient (Wildman–Crippen LogP) is 4.38. The number of amides is 1. The molecule has 1 aliphatic heterocycles. The first-order chi connectivity index (χ1) is 17.5. The quantitative estimate of drug-likeness (QED) is 0.464. The van der Waals surface area contributed by atoms with Gasteiger partial charge in [-0.25, -0.2) is 18.7 Å². The molecular formula is C24H20F5N5O3. The minimum atomic E-state index is -4.68. The number of carboxylic acid groups (broad SMARTS) is 1. The SMILES string of the molecule is O=C(O)C1CCCN(C(=O)c2cc(NCc3ccc(F)cc3F)nc(-c3cncc(C(F)(F)F)c3)n2)C1. The number of likely N-dealkylation sites (tertiary alicyclic amines) is 1. The van der Waals surface area contributed by atoms with Crippen LogP contribution >= 0.6 is 0 Å². The Morgan fingerprint density at radius 1 is 1.11 bits per heavy atom. The van der Waals surface area contributed by atoms with Crippen LogP contribution in [0.5, 0.6) is 0 Å². The number of pyridine rings is 1. The summed E-state index contributed by atoms with van der Waals surface area (Å²) in [6.45, 7) is 0.0423. The van der Waals surface area contributed by atoms with Crippen molar-refractivity contribution in [2.45, 2.75) is 25.6 Å². The number of piperidine rings is 1. The monoisotopic (exact) mass is 521 g/mol. The van der Waals surface area contributed by atoms with E-state index in [1.807, 2.05) is 0 Å². The van der Waals surface area contributed by atoms with Gasteiger partial charge in [-0.05, 0) is 25.0 Å². The van der Waals surface area contributed by atoms with Crippen molar-refractivity contribution < 1.29 is 36.6 Å². The standard InChI is InChI=1S/C24H20F5N5O3/c25-17-4-3-13(18(26)7-17)10-31-20-8-19(22(35)34-5-1-2-14(12-34)23(36)37)32-21(33-20)15-6-16(11-30-9-15)24(27,28)29/h3-4,6-9,11,14H,1-2,5,10,12H2,(H,36,37)(H,31,32,33). The van der Waals surface area contributed by atoms with Crippen molar-refractivity contribution in [1.29, 1.82) is 0 Å². The first-order valence-corrected chi connectivity index (χ1v) is 11.1. The molecule has 194 valence electrons. The maximum atomic E-state index is 14.1. The number of carboxylic acids is 1. The van der Waals surface area contributed by atoms with Gasteiger partial charge in [0.25, 0.3) is 5.91 Å². The lowest BCUT2D eigenvalue weighted by atomic mass is 9.98. The molecule has 1 fully saturated rings. The number of carbonyl (C=O) groups excluding carboxylic acids is 1. The summed E-state index contributed by atoms with van der Waals surface area (Å²) < 4.78 is 67.0. The van der Waals surface area contributed by atoms with Gasteiger partial charge >= 0.3 is 12.1 Å². The van der Waals surface area contributed by atoms with Crippen molar-refractivity contribution in [2.24, 2.45) is 5.92 Å². The van der Waals surface area contributed by atoms with Crippen LogP contribution in [0, 0.1) is 17.6 Å². The summed E-state index contributed by atoms with van der Waals surface area (Å²) in [5.41, 5.74) is -1.29. The van der Waals surface area contributed by atoms with Gasteiger partial charge in [-0.1, -0.05) is 6.07 Å². The van der Waals surface area contributed by atoms with E-state index >= 15 is 0 Å². The molecular weight excluding hydrogens is 501 g/mol. The number of alkyl halides is 3. The zero-order valence-corrected chi connectivity index (χ0v) is 19.1. The van der Waals surface area contributed by atoms with Crippen LogP contribution in [0.4, 0.5) is 27.8 Å². The number of aliphatic carboxylic acids is 1. The Hall–Kier alpha value is -4.16. The molecule has 1 unspecified atom stereocenters. The van der Waals surface area contributed by atoms with E-state index in [1.165, 1.54) is 17.0 Å². The molecule has 1 amide bonds. The highest BCUT2D eigenvalue weighted by atomic mass is 19.4. The molecule has 13 heteroatoms. The summed E-state index contributed by atoms with van der Waals surface area (Å²) in [6.07, 6.45) is -2.09. The molecule has 2 aromatic heterocycles. The Labute approximate surface area is 207 Å². The van der Waals surface area contributed by atoms with Crippen molar-refractivity contribution in [3.05, 3.63) is 71.2 Å². The van der Waals surface area contributed by atoms with Crippen LogP contribution in [0.2, 0.25) is 0 Å². The van der Waals surface area contributed by atoms with Crippen molar-refractivity contribution in [1.82, 2.24) is 19.9 Å². The molecule has 0 bridgehead atoms. The molecule has 0 spiro atoms. The Bertz CT molecular complexity index is 1330.